The highest BCUT2D eigenvalue weighted by atomic mass is 16.3. The lowest BCUT2D eigenvalue weighted by atomic mass is 10.0. The first-order valence-electron chi connectivity index (χ1n) is 6.70. The van der Waals surface area contributed by atoms with Gasteiger partial charge in [0, 0.05) is 12.2 Å². The fraction of sp³-hybridized carbons (Fsp3) is 0.176. The predicted octanol–water partition coefficient (Wildman–Crippen LogP) is 3.65. The van der Waals surface area contributed by atoms with Crippen LogP contribution in [0.25, 0.3) is 10.8 Å². The fourth-order valence-electron chi connectivity index (χ4n) is 2.46. The van der Waals surface area contributed by atoms with Gasteiger partial charge in [-0.2, -0.15) is 0 Å². The van der Waals surface area contributed by atoms with Crippen molar-refractivity contribution in [1.29, 1.82) is 0 Å². The molecule has 0 radical (unpaired) electrons. The number of furan rings is 1. The van der Waals surface area contributed by atoms with E-state index < -0.39 is 0 Å². The van der Waals surface area contributed by atoms with Gasteiger partial charge < -0.3 is 10.2 Å². The zero-order valence-electron chi connectivity index (χ0n) is 11.5. The van der Waals surface area contributed by atoms with E-state index >= 15 is 0 Å². The zero-order chi connectivity index (χ0) is 13.9. The summed E-state index contributed by atoms with van der Waals surface area (Å²) in [6.07, 6.45) is 1.70. The number of nitrogen functional groups attached to an aromatic ring is 1. The van der Waals surface area contributed by atoms with Gasteiger partial charge in [0.25, 0.3) is 0 Å². The van der Waals surface area contributed by atoms with Crippen LogP contribution in [0, 0.1) is 0 Å². The summed E-state index contributed by atoms with van der Waals surface area (Å²) in [7, 11) is 2.07. The summed E-state index contributed by atoms with van der Waals surface area (Å²) in [6.45, 7) is 1.58. The molecule has 1 heterocycles. The number of anilines is 1. The van der Waals surface area contributed by atoms with Crippen LogP contribution in [0.5, 0.6) is 0 Å². The maximum atomic E-state index is 6.16. The Labute approximate surface area is 118 Å². The van der Waals surface area contributed by atoms with Gasteiger partial charge >= 0.3 is 0 Å². The number of hydrogen-bond acceptors (Lipinski definition) is 3. The van der Waals surface area contributed by atoms with Crippen LogP contribution in [0.4, 0.5) is 5.69 Å². The van der Waals surface area contributed by atoms with Gasteiger partial charge in [0.15, 0.2) is 0 Å². The van der Waals surface area contributed by atoms with Crippen molar-refractivity contribution in [3.63, 3.8) is 0 Å². The Balaban J connectivity index is 1.81. The molecule has 3 aromatic rings. The lowest BCUT2D eigenvalue weighted by Gasteiger charge is -2.17. The Hall–Kier alpha value is -2.26. The largest absolute Gasteiger partial charge is 0.468 e. The van der Waals surface area contributed by atoms with Crippen LogP contribution in [0.1, 0.15) is 11.3 Å². The first kappa shape index (κ1) is 12.8. The standard InChI is InChI=1S/C17H18N2O/c1-19(12-16-7-4-8-20-16)11-15-9-13-5-2-3-6-14(13)10-17(15)18/h2-10H,11-12,18H2,1H3. The summed E-state index contributed by atoms with van der Waals surface area (Å²) in [5.74, 6) is 0.965. The van der Waals surface area contributed by atoms with Gasteiger partial charge in [0.1, 0.15) is 5.76 Å². The third-order valence-electron chi connectivity index (χ3n) is 3.45. The number of nitrogens with two attached hydrogens (primary N) is 1. The highest BCUT2D eigenvalue weighted by Gasteiger charge is 2.07. The molecule has 2 N–H and O–H groups in total. The van der Waals surface area contributed by atoms with Crippen molar-refractivity contribution in [2.45, 2.75) is 13.1 Å². The van der Waals surface area contributed by atoms with Crippen LogP contribution in [-0.2, 0) is 13.1 Å². The van der Waals surface area contributed by atoms with E-state index in [4.69, 9.17) is 10.2 Å². The second-order valence-corrected chi connectivity index (χ2v) is 5.15. The minimum Gasteiger partial charge on any atom is -0.468 e. The number of hydrogen-bond donors (Lipinski definition) is 1. The third kappa shape index (κ3) is 2.68. The SMILES string of the molecule is CN(Cc1ccco1)Cc1cc2ccccc2cc1N. The Kier molecular flexibility index (Phi) is 3.44. The van der Waals surface area contributed by atoms with Gasteiger partial charge in [0.05, 0.1) is 12.8 Å². The van der Waals surface area contributed by atoms with Crippen molar-refractivity contribution in [3.8, 4) is 0 Å². The molecule has 2 aromatic carbocycles. The van der Waals surface area contributed by atoms with E-state index in [9.17, 15) is 0 Å². The Morgan fingerprint density at radius 1 is 1.00 bits per heavy atom. The highest BCUT2D eigenvalue weighted by molar-refractivity contribution is 5.86. The van der Waals surface area contributed by atoms with Gasteiger partial charge in [-0.05, 0) is 47.6 Å². The summed E-state index contributed by atoms with van der Waals surface area (Å²) >= 11 is 0. The molecule has 3 rings (SSSR count). The second kappa shape index (κ2) is 5.39. The third-order valence-corrected chi connectivity index (χ3v) is 3.45. The minimum absolute atomic E-state index is 0.777. The Bertz CT molecular complexity index is 704. The molecule has 0 unspecified atom stereocenters. The van der Waals surface area contributed by atoms with Crippen molar-refractivity contribution in [2.24, 2.45) is 0 Å². The van der Waals surface area contributed by atoms with Crippen molar-refractivity contribution >= 4 is 16.5 Å². The fourth-order valence-corrected chi connectivity index (χ4v) is 2.46. The maximum Gasteiger partial charge on any atom is 0.117 e. The zero-order valence-corrected chi connectivity index (χ0v) is 11.5. The summed E-state index contributed by atoms with van der Waals surface area (Å²) in [4.78, 5) is 2.19. The van der Waals surface area contributed by atoms with E-state index in [-0.39, 0.29) is 0 Å². The average Bonchev–Trinajstić information content (AvgIpc) is 2.92. The Morgan fingerprint density at radius 2 is 1.75 bits per heavy atom. The monoisotopic (exact) mass is 266 g/mol. The summed E-state index contributed by atoms with van der Waals surface area (Å²) in [6, 6.07) is 16.4. The van der Waals surface area contributed by atoms with E-state index in [2.05, 4.69) is 36.2 Å². The van der Waals surface area contributed by atoms with Gasteiger partial charge in [-0.1, -0.05) is 24.3 Å². The molecule has 102 valence electrons. The summed E-state index contributed by atoms with van der Waals surface area (Å²) in [5, 5.41) is 2.41. The predicted molar refractivity (Wildman–Crippen MR) is 82.2 cm³/mol. The molecule has 0 aliphatic rings. The lowest BCUT2D eigenvalue weighted by molar-refractivity contribution is 0.288. The summed E-state index contributed by atoms with van der Waals surface area (Å²) in [5.41, 5.74) is 8.15. The number of rotatable bonds is 4. The topological polar surface area (TPSA) is 42.4 Å². The van der Waals surface area contributed by atoms with Crippen LogP contribution in [0.3, 0.4) is 0 Å². The van der Waals surface area contributed by atoms with Gasteiger partial charge in [-0.25, -0.2) is 0 Å². The van der Waals surface area contributed by atoms with E-state index in [1.165, 1.54) is 10.8 Å². The molecule has 3 heteroatoms. The highest BCUT2D eigenvalue weighted by Crippen LogP contribution is 2.23. The number of benzene rings is 2. The van der Waals surface area contributed by atoms with Gasteiger partial charge in [0.2, 0.25) is 0 Å². The molecular formula is C17H18N2O. The molecule has 0 fully saturated rings. The maximum absolute atomic E-state index is 6.16. The van der Waals surface area contributed by atoms with Crippen LogP contribution in [-0.4, -0.2) is 11.9 Å². The molecule has 0 aliphatic carbocycles. The Morgan fingerprint density at radius 3 is 2.45 bits per heavy atom. The molecule has 0 aliphatic heterocycles. The first-order valence-corrected chi connectivity index (χ1v) is 6.70. The van der Waals surface area contributed by atoms with Crippen molar-refractivity contribution in [3.05, 3.63) is 66.1 Å². The van der Waals surface area contributed by atoms with Crippen molar-refractivity contribution < 1.29 is 4.42 Å². The van der Waals surface area contributed by atoms with Gasteiger partial charge in [-0.15, -0.1) is 0 Å². The number of nitrogens with zero attached hydrogens (tertiary/aromatic N) is 1. The molecule has 20 heavy (non-hydrogen) atoms. The smallest absolute Gasteiger partial charge is 0.117 e. The first-order chi connectivity index (χ1) is 9.72. The second-order valence-electron chi connectivity index (χ2n) is 5.15. The minimum atomic E-state index is 0.777. The average molecular weight is 266 g/mol. The molecule has 3 nitrogen and oxygen atoms in total. The molecule has 0 atom stereocenters. The molecule has 0 saturated heterocycles. The molecule has 0 bridgehead atoms. The van der Waals surface area contributed by atoms with Crippen molar-refractivity contribution in [2.75, 3.05) is 12.8 Å². The van der Waals surface area contributed by atoms with Gasteiger partial charge in [-0.3, -0.25) is 4.90 Å². The van der Waals surface area contributed by atoms with E-state index in [1.807, 2.05) is 24.3 Å². The molecule has 0 saturated carbocycles. The van der Waals surface area contributed by atoms with Crippen LogP contribution in [0.2, 0.25) is 0 Å². The van der Waals surface area contributed by atoms with E-state index in [1.54, 1.807) is 6.26 Å². The normalized spacial score (nSPS) is 11.3. The van der Waals surface area contributed by atoms with Crippen LogP contribution in [0.15, 0.2) is 59.2 Å². The van der Waals surface area contributed by atoms with Crippen LogP contribution < -0.4 is 5.73 Å². The number of fused-ring (bicyclic) bond motifs is 1. The summed E-state index contributed by atoms with van der Waals surface area (Å²) < 4.78 is 5.37. The van der Waals surface area contributed by atoms with Crippen LogP contribution >= 0.6 is 0 Å². The van der Waals surface area contributed by atoms with E-state index in [0.29, 0.717) is 0 Å². The van der Waals surface area contributed by atoms with Crippen molar-refractivity contribution in [1.82, 2.24) is 4.90 Å². The quantitative estimate of drug-likeness (QED) is 0.733. The lowest BCUT2D eigenvalue weighted by Crippen LogP contribution is -2.17. The van der Waals surface area contributed by atoms with E-state index in [0.717, 1.165) is 30.1 Å². The molecule has 0 spiro atoms. The molecule has 1 aromatic heterocycles. The molecule has 0 amide bonds. The molecular weight excluding hydrogens is 248 g/mol.